The number of rotatable bonds is 4. The van der Waals surface area contributed by atoms with Crippen molar-refractivity contribution >= 4 is 11.8 Å². The van der Waals surface area contributed by atoms with Gasteiger partial charge in [0.05, 0.1) is 19.8 Å². The molecule has 21 heavy (non-hydrogen) atoms. The first kappa shape index (κ1) is 15.6. The van der Waals surface area contributed by atoms with Crippen LogP contribution in [-0.4, -0.2) is 14.2 Å². The van der Waals surface area contributed by atoms with Crippen LogP contribution < -0.4 is 9.47 Å². The SMILES string of the molecule is COc1ccc(Sc2ccc(OC)cc2C(F)(F)F)cc1. The van der Waals surface area contributed by atoms with Crippen molar-refractivity contribution in [2.45, 2.75) is 16.0 Å². The predicted octanol–water partition coefficient (Wildman–Crippen LogP) is 4.87. The second-order valence-corrected chi connectivity index (χ2v) is 5.25. The van der Waals surface area contributed by atoms with Crippen molar-refractivity contribution in [3.05, 3.63) is 48.0 Å². The Morgan fingerprint density at radius 1 is 0.857 bits per heavy atom. The Balaban J connectivity index is 2.34. The molecule has 0 spiro atoms. The number of methoxy groups -OCH3 is 2. The van der Waals surface area contributed by atoms with Gasteiger partial charge in [0.2, 0.25) is 0 Å². The van der Waals surface area contributed by atoms with E-state index in [0.717, 1.165) is 17.8 Å². The summed E-state index contributed by atoms with van der Waals surface area (Å²) in [4.78, 5) is 0.833. The van der Waals surface area contributed by atoms with Crippen LogP contribution in [0.5, 0.6) is 11.5 Å². The Hall–Kier alpha value is -1.82. The van der Waals surface area contributed by atoms with Crippen molar-refractivity contribution in [1.29, 1.82) is 0 Å². The van der Waals surface area contributed by atoms with Gasteiger partial charge < -0.3 is 9.47 Å². The summed E-state index contributed by atoms with van der Waals surface area (Å²) < 4.78 is 49.2. The first-order valence-corrected chi connectivity index (χ1v) is 6.83. The third-order valence-electron chi connectivity index (χ3n) is 2.78. The number of benzene rings is 2. The van der Waals surface area contributed by atoms with Crippen molar-refractivity contribution in [3.63, 3.8) is 0 Å². The number of hydrogen-bond donors (Lipinski definition) is 0. The van der Waals surface area contributed by atoms with Gasteiger partial charge in [-0.3, -0.25) is 0 Å². The standard InChI is InChI=1S/C15H13F3O2S/c1-19-10-3-6-12(7-4-10)21-14-8-5-11(20-2)9-13(14)15(16,17)18/h3-9H,1-2H3. The quantitative estimate of drug-likeness (QED) is 0.802. The minimum Gasteiger partial charge on any atom is -0.497 e. The number of ether oxygens (including phenoxy) is 2. The zero-order chi connectivity index (χ0) is 15.5. The van der Waals surface area contributed by atoms with Crippen LogP contribution in [0.2, 0.25) is 0 Å². The highest BCUT2D eigenvalue weighted by atomic mass is 32.2. The van der Waals surface area contributed by atoms with Crippen molar-refractivity contribution in [2.75, 3.05) is 14.2 Å². The molecule has 0 saturated carbocycles. The molecule has 0 saturated heterocycles. The average Bonchev–Trinajstić information content (AvgIpc) is 2.47. The Morgan fingerprint density at radius 3 is 1.95 bits per heavy atom. The summed E-state index contributed by atoms with van der Waals surface area (Å²) in [5.74, 6) is 0.839. The van der Waals surface area contributed by atoms with Gasteiger partial charge in [-0.1, -0.05) is 11.8 Å². The molecular formula is C15H13F3O2S. The molecule has 0 unspecified atom stereocenters. The smallest absolute Gasteiger partial charge is 0.417 e. The molecule has 2 rings (SSSR count). The molecule has 0 radical (unpaired) electrons. The zero-order valence-corrected chi connectivity index (χ0v) is 12.2. The summed E-state index contributed by atoms with van der Waals surface area (Å²) >= 11 is 1.05. The van der Waals surface area contributed by atoms with Crippen LogP contribution >= 0.6 is 11.8 Å². The van der Waals surface area contributed by atoms with Crippen LogP contribution in [-0.2, 0) is 6.18 Å². The summed E-state index contributed by atoms with van der Waals surface area (Å²) in [7, 11) is 2.87. The number of hydrogen-bond acceptors (Lipinski definition) is 3. The summed E-state index contributed by atoms with van der Waals surface area (Å²) in [5, 5.41) is 0. The monoisotopic (exact) mass is 314 g/mol. The normalized spacial score (nSPS) is 11.3. The van der Waals surface area contributed by atoms with Gasteiger partial charge in [-0.15, -0.1) is 0 Å². The fraction of sp³-hybridized carbons (Fsp3) is 0.200. The molecule has 0 aromatic heterocycles. The van der Waals surface area contributed by atoms with E-state index in [2.05, 4.69) is 0 Å². The van der Waals surface area contributed by atoms with Crippen LogP contribution in [0.4, 0.5) is 13.2 Å². The topological polar surface area (TPSA) is 18.5 Å². The van der Waals surface area contributed by atoms with E-state index >= 15 is 0 Å². The second kappa shape index (κ2) is 6.30. The van der Waals surface area contributed by atoms with Crippen LogP contribution in [0.15, 0.2) is 52.3 Å². The van der Waals surface area contributed by atoms with E-state index in [1.165, 1.54) is 26.4 Å². The van der Waals surface area contributed by atoms with Gasteiger partial charge in [-0.05, 0) is 42.5 Å². The lowest BCUT2D eigenvalue weighted by atomic mass is 10.2. The van der Waals surface area contributed by atoms with E-state index in [0.29, 0.717) is 10.6 Å². The fourth-order valence-electron chi connectivity index (χ4n) is 1.72. The summed E-state index contributed by atoms with van der Waals surface area (Å²) in [6, 6.07) is 10.8. The average molecular weight is 314 g/mol. The van der Waals surface area contributed by atoms with E-state index < -0.39 is 11.7 Å². The van der Waals surface area contributed by atoms with Gasteiger partial charge in [-0.2, -0.15) is 13.2 Å². The van der Waals surface area contributed by atoms with E-state index in [1.807, 2.05) is 0 Å². The molecule has 0 aliphatic heterocycles. The molecular weight excluding hydrogens is 301 g/mol. The van der Waals surface area contributed by atoms with E-state index in [-0.39, 0.29) is 10.6 Å². The third kappa shape index (κ3) is 3.85. The molecule has 0 fully saturated rings. The van der Waals surface area contributed by atoms with Gasteiger partial charge in [0.25, 0.3) is 0 Å². The zero-order valence-electron chi connectivity index (χ0n) is 11.4. The molecule has 0 aliphatic rings. The van der Waals surface area contributed by atoms with Crippen molar-refractivity contribution in [1.82, 2.24) is 0 Å². The Labute approximate surface area is 124 Å². The second-order valence-electron chi connectivity index (χ2n) is 4.14. The molecule has 0 atom stereocenters. The Bertz CT molecular complexity index is 609. The third-order valence-corrected chi connectivity index (χ3v) is 3.86. The van der Waals surface area contributed by atoms with Crippen LogP contribution in [0.3, 0.4) is 0 Å². The molecule has 0 bridgehead atoms. The lowest BCUT2D eigenvalue weighted by Crippen LogP contribution is -2.07. The van der Waals surface area contributed by atoms with Crippen LogP contribution in [0.25, 0.3) is 0 Å². The van der Waals surface area contributed by atoms with Crippen molar-refractivity contribution in [2.24, 2.45) is 0 Å². The molecule has 0 heterocycles. The van der Waals surface area contributed by atoms with E-state index in [1.54, 1.807) is 24.3 Å². The van der Waals surface area contributed by atoms with Gasteiger partial charge in [-0.25, -0.2) is 0 Å². The van der Waals surface area contributed by atoms with Gasteiger partial charge in [0, 0.05) is 9.79 Å². The number of alkyl halides is 3. The Kier molecular flexibility index (Phi) is 4.67. The van der Waals surface area contributed by atoms with Crippen LogP contribution in [0.1, 0.15) is 5.56 Å². The van der Waals surface area contributed by atoms with Crippen molar-refractivity contribution < 1.29 is 22.6 Å². The Morgan fingerprint density at radius 2 is 1.43 bits per heavy atom. The minimum atomic E-state index is -4.43. The van der Waals surface area contributed by atoms with Crippen LogP contribution in [0, 0.1) is 0 Å². The highest BCUT2D eigenvalue weighted by Gasteiger charge is 2.34. The molecule has 112 valence electrons. The highest BCUT2D eigenvalue weighted by Crippen LogP contribution is 2.41. The molecule has 0 amide bonds. The highest BCUT2D eigenvalue weighted by molar-refractivity contribution is 7.99. The maximum Gasteiger partial charge on any atom is 0.417 e. The van der Waals surface area contributed by atoms with E-state index in [4.69, 9.17) is 9.47 Å². The molecule has 0 N–H and O–H groups in total. The van der Waals surface area contributed by atoms with Gasteiger partial charge in [0.15, 0.2) is 0 Å². The summed E-state index contributed by atoms with van der Waals surface area (Å²) in [5.41, 5.74) is -0.706. The maximum atomic E-state index is 13.1. The van der Waals surface area contributed by atoms with Gasteiger partial charge >= 0.3 is 6.18 Å². The summed E-state index contributed by atoms with van der Waals surface area (Å²) in [6.07, 6.45) is -4.43. The maximum absolute atomic E-state index is 13.1. The molecule has 2 nitrogen and oxygen atoms in total. The summed E-state index contributed by atoms with van der Waals surface area (Å²) in [6.45, 7) is 0. The molecule has 2 aromatic carbocycles. The molecule has 2 aromatic rings. The fourth-order valence-corrected chi connectivity index (χ4v) is 2.66. The van der Waals surface area contributed by atoms with Crippen molar-refractivity contribution in [3.8, 4) is 11.5 Å². The first-order valence-electron chi connectivity index (χ1n) is 6.01. The molecule has 0 aliphatic carbocycles. The number of halogens is 3. The predicted molar refractivity (Wildman–Crippen MR) is 75.1 cm³/mol. The minimum absolute atomic E-state index is 0.133. The van der Waals surface area contributed by atoms with E-state index in [9.17, 15) is 13.2 Å². The largest absolute Gasteiger partial charge is 0.497 e. The molecule has 6 heteroatoms. The lowest BCUT2D eigenvalue weighted by Gasteiger charge is -2.14. The first-order chi connectivity index (χ1) is 9.94. The lowest BCUT2D eigenvalue weighted by molar-refractivity contribution is -0.139. The van der Waals surface area contributed by atoms with Gasteiger partial charge in [0.1, 0.15) is 11.5 Å².